The summed E-state index contributed by atoms with van der Waals surface area (Å²) >= 11 is 3.37. The Hall–Kier alpha value is -1.81. The van der Waals surface area contributed by atoms with Crippen LogP contribution >= 0.6 is 15.9 Å². The molecule has 0 aliphatic carbocycles. The number of carbonyl (C=O) groups is 1. The number of hydrogen-bond acceptors (Lipinski definition) is 2. The van der Waals surface area contributed by atoms with Gasteiger partial charge in [0.15, 0.2) is 6.10 Å². The molecule has 4 heteroatoms. The van der Waals surface area contributed by atoms with E-state index in [0.29, 0.717) is 5.75 Å². The number of nitrogens with one attached hydrogen (secondary N) is 1. The van der Waals surface area contributed by atoms with Gasteiger partial charge in [-0.15, -0.1) is 0 Å². The molecule has 0 fully saturated rings. The van der Waals surface area contributed by atoms with Crippen LogP contribution in [0.1, 0.15) is 33.3 Å². The molecule has 122 valence electrons. The molecule has 0 heterocycles. The molecule has 0 saturated heterocycles. The second kappa shape index (κ2) is 7.18. The summed E-state index contributed by atoms with van der Waals surface area (Å²) in [6.45, 7) is 8.23. The Morgan fingerprint density at radius 3 is 2.13 bits per heavy atom. The molecule has 2 aromatic rings. The normalized spacial score (nSPS) is 12.6. The van der Waals surface area contributed by atoms with Crippen LogP contribution in [0.15, 0.2) is 53.0 Å². The van der Waals surface area contributed by atoms with E-state index in [1.807, 2.05) is 48.5 Å². The molecule has 0 spiro atoms. The van der Waals surface area contributed by atoms with Crippen LogP contribution in [0.2, 0.25) is 0 Å². The average Bonchev–Trinajstić information content (AvgIpc) is 2.49. The Morgan fingerprint density at radius 1 is 1.04 bits per heavy atom. The topological polar surface area (TPSA) is 38.3 Å². The molecule has 0 aliphatic rings. The number of anilines is 1. The second-order valence-electron chi connectivity index (χ2n) is 6.53. The molecule has 23 heavy (non-hydrogen) atoms. The quantitative estimate of drug-likeness (QED) is 0.801. The lowest BCUT2D eigenvalue weighted by molar-refractivity contribution is -0.122. The van der Waals surface area contributed by atoms with Crippen LogP contribution in [0, 0.1) is 0 Å². The summed E-state index contributed by atoms with van der Waals surface area (Å²) < 4.78 is 6.69. The summed E-state index contributed by atoms with van der Waals surface area (Å²) in [6.07, 6.45) is -0.570. The summed E-state index contributed by atoms with van der Waals surface area (Å²) in [5.41, 5.74) is 2.08. The van der Waals surface area contributed by atoms with Crippen LogP contribution in [0.5, 0.6) is 5.75 Å². The fraction of sp³-hybridized carbons (Fsp3) is 0.316. The van der Waals surface area contributed by atoms with Crippen molar-refractivity contribution in [2.45, 2.75) is 39.2 Å². The molecule has 1 unspecified atom stereocenters. The predicted octanol–water partition coefficient (Wildman–Crippen LogP) is 5.15. The van der Waals surface area contributed by atoms with Crippen LogP contribution in [0.4, 0.5) is 5.69 Å². The first-order chi connectivity index (χ1) is 10.8. The molecule has 0 aliphatic heterocycles. The maximum atomic E-state index is 12.2. The minimum atomic E-state index is -0.570. The van der Waals surface area contributed by atoms with Crippen LogP contribution in [-0.2, 0) is 10.2 Å². The molecule has 2 rings (SSSR count). The highest BCUT2D eigenvalue weighted by molar-refractivity contribution is 9.10. The van der Waals surface area contributed by atoms with Gasteiger partial charge >= 0.3 is 0 Å². The number of carbonyl (C=O) groups excluding carboxylic acids is 1. The smallest absolute Gasteiger partial charge is 0.265 e. The lowest BCUT2D eigenvalue weighted by Crippen LogP contribution is -2.30. The molecule has 0 radical (unpaired) electrons. The van der Waals surface area contributed by atoms with Crippen LogP contribution in [0.3, 0.4) is 0 Å². The van der Waals surface area contributed by atoms with E-state index >= 15 is 0 Å². The number of halogens is 1. The minimum absolute atomic E-state index is 0.100. The number of amides is 1. The Kier molecular flexibility index (Phi) is 5.47. The third-order valence-corrected chi connectivity index (χ3v) is 4.04. The van der Waals surface area contributed by atoms with Gasteiger partial charge in [0.2, 0.25) is 0 Å². The van der Waals surface area contributed by atoms with E-state index < -0.39 is 6.10 Å². The SMILES string of the molecule is CC(Oc1ccc(C(C)(C)C)cc1)C(=O)Nc1ccc(Br)cc1. The van der Waals surface area contributed by atoms with Gasteiger partial charge in [0, 0.05) is 10.2 Å². The van der Waals surface area contributed by atoms with Gasteiger partial charge in [0.05, 0.1) is 0 Å². The highest BCUT2D eigenvalue weighted by atomic mass is 79.9. The summed E-state index contributed by atoms with van der Waals surface area (Å²) in [5.74, 6) is 0.517. The molecule has 3 nitrogen and oxygen atoms in total. The molecular formula is C19H22BrNO2. The Labute approximate surface area is 146 Å². The summed E-state index contributed by atoms with van der Waals surface area (Å²) in [6, 6.07) is 15.3. The van der Waals surface area contributed by atoms with Crippen molar-refractivity contribution >= 4 is 27.5 Å². The lowest BCUT2D eigenvalue weighted by Gasteiger charge is -2.20. The largest absolute Gasteiger partial charge is 0.481 e. The van der Waals surface area contributed by atoms with Crippen LogP contribution < -0.4 is 10.1 Å². The molecule has 1 atom stereocenters. The first-order valence-electron chi connectivity index (χ1n) is 7.59. The number of hydrogen-bond donors (Lipinski definition) is 1. The number of ether oxygens (including phenoxy) is 1. The highest BCUT2D eigenvalue weighted by Crippen LogP contribution is 2.24. The Bertz CT molecular complexity index is 657. The standard InChI is InChI=1S/C19H22BrNO2/c1-13(18(22)21-16-9-7-15(20)8-10-16)23-17-11-5-14(6-12-17)19(2,3)4/h5-13H,1-4H3,(H,21,22). The van der Waals surface area contributed by atoms with Gasteiger partial charge in [-0.1, -0.05) is 48.8 Å². The van der Waals surface area contributed by atoms with Crippen molar-refractivity contribution in [1.82, 2.24) is 0 Å². The lowest BCUT2D eigenvalue weighted by atomic mass is 9.87. The number of benzene rings is 2. The van der Waals surface area contributed by atoms with Crippen molar-refractivity contribution in [3.8, 4) is 5.75 Å². The van der Waals surface area contributed by atoms with Crippen molar-refractivity contribution in [2.75, 3.05) is 5.32 Å². The summed E-state index contributed by atoms with van der Waals surface area (Å²) in [7, 11) is 0. The first-order valence-corrected chi connectivity index (χ1v) is 8.38. The molecule has 0 bridgehead atoms. The Balaban J connectivity index is 1.96. The van der Waals surface area contributed by atoms with Gasteiger partial charge in [0.1, 0.15) is 5.75 Å². The monoisotopic (exact) mass is 375 g/mol. The van der Waals surface area contributed by atoms with Gasteiger partial charge in [-0.05, 0) is 54.3 Å². The van der Waals surface area contributed by atoms with Crippen molar-refractivity contribution in [3.05, 3.63) is 58.6 Å². The second-order valence-corrected chi connectivity index (χ2v) is 7.45. The van der Waals surface area contributed by atoms with Crippen LogP contribution in [0.25, 0.3) is 0 Å². The van der Waals surface area contributed by atoms with E-state index in [0.717, 1.165) is 10.2 Å². The van der Waals surface area contributed by atoms with Crippen molar-refractivity contribution < 1.29 is 9.53 Å². The summed E-state index contributed by atoms with van der Waals surface area (Å²) in [5, 5.41) is 2.84. The van der Waals surface area contributed by atoms with E-state index in [1.54, 1.807) is 6.92 Å². The van der Waals surface area contributed by atoms with Gasteiger partial charge in [-0.3, -0.25) is 4.79 Å². The molecular weight excluding hydrogens is 354 g/mol. The maximum absolute atomic E-state index is 12.2. The molecule has 0 saturated carbocycles. The van der Waals surface area contributed by atoms with Gasteiger partial charge in [-0.25, -0.2) is 0 Å². The Morgan fingerprint density at radius 2 is 1.61 bits per heavy atom. The van der Waals surface area contributed by atoms with E-state index in [1.165, 1.54) is 5.56 Å². The fourth-order valence-electron chi connectivity index (χ4n) is 2.07. The molecule has 1 N–H and O–H groups in total. The maximum Gasteiger partial charge on any atom is 0.265 e. The zero-order valence-corrected chi connectivity index (χ0v) is 15.5. The van der Waals surface area contributed by atoms with E-state index in [9.17, 15) is 4.79 Å². The van der Waals surface area contributed by atoms with Crippen molar-refractivity contribution in [1.29, 1.82) is 0 Å². The van der Waals surface area contributed by atoms with Crippen molar-refractivity contribution in [2.24, 2.45) is 0 Å². The molecule has 2 aromatic carbocycles. The third kappa shape index (κ3) is 5.10. The van der Waals surface area contributed by atoms with E-state index in [4.69, 9.17) is 4.74 Å². The predicted molar refractivity (Wildman–Crippen MR) is 98.0 cm³/mol. The highest BCUT2D eigenvalue weighted by Gasteiger charge is 2.16. The molecule has 1 amide bonds. The van der Waals surface area contributed by atoms with E-state index in [-0.39, 0.29) is 11.3 Å². The first kappa shape index (κ1) is 17.5. The zero-order valence-electron chi connectivity index (χ0n) is 13.9. The average molecular weight is 376 g/mol. The molecule has 0 aromatic heterocycles. The minimum Gasteiger partial charge on any atom is -0.481 e. The van der Waals surface area contributed by atoms with E-state index in [2.05, 4.69) is 42.0 Å². The summed E-state index contributed by atoms with van der Waals surface area (Å²) in [4.78, 5) is 12.2. The van der Waals surface area contributed by atoms with Gasteiger partial charge in [0.25, 0.3) is 5.91 Å². The third-order valence-electron chi connectivity index (χ3n) is 3.51. The zero-order chi connectivity index (χ0) is 17.0. The van der Waals surface area contributed by atoms with Crippen LogP contribution in [-0.4, -0.2) is 12.0 Å². The van der Waals surface area contributed by atoms with Crippen molar-refractivity contribution in [3.63, 3.8) is 0 Å². The van der Waals surface area contributed by atoms with Gasteiger partial charge < -0.3 is 10.1 Å². The van der Waals surface area contributed by atoms with Gasteiger partial charge in [-0.2, -0.15) is 0 Å². The fourth-order valence-corrected chi connectivity index (χ4v) is 2.33. The number of rotatable bonds is 4.